The predicted molar refractivity (Wildman–Crippen MR) is 129 cm³/mol. The Morgan fingerprint density at radius 2 is 1.97 bits per heavy atom. The summed E-state index contributed by atoms with van der Waals surface area (Å²) < 4.78 is 33.2. The van der Waals surface area contributed by atoms with E-state index in [1.54, 1.807) is 6.07 Å². The van der Waals surface area contributed by atoms with Crippen LogP contribution in [0.5, 0.6) is 17.5 Å². The van der Waals surface area contributed by atoms with Crippen LogP contribution in [0.3, 0.4) is 0 Å². The molecule has 0 spiro atoms. The van der Waals surface area contributed by atoms with Crippen molar-refractivity contribution in [3.63, 3.8) is 0 Å². The minimum atomic E-state index is -1.74. The van der Waals surface area contributed by atoms with E-state index in [1.165, 1.54) is 37.4 Å². The minimum absolute atomic E-state index is 0.231. The van der Waals surface area contributed by atoms with Crippen molar-refractivity contribution >= 4 is 28.5 Å². The Morgan fingerprint density at radius 1 is 1.18 bits per heavy atom. The number of unbranched alkanes of at least 4 members (excludes halogenated alkanes) is 5. The number of nitrogens with one attached hydrogen (secondary N) is 2. The molecule has 33 heavy (non-hydrogen) atoms. The number of rotatable bonds is 15. The maximum Gasteiger partial charge on any atom is 0.337 e. The Morgan fingerprint density at radius 3 is 2.73 bits per heavy atom. The highest BCUT2D eigenvalue weighted by Crippen LogP contribution is 2.29. The minimum Gasteiger partial charge on any atom is -0.490 e. The molecule has 0 aliphatic rings. The Labute approximate surface area is 201 Å². The molecule has 0 radical (unpaired) electrons. The molecule has 0 saturated heterocycles. The summed E-state index contributed by atoms with van der Waals surface area (Å²) in [7, 11) is 1.49. The van der Waals surface area contributed by atoms with Crippen molar-refractivity contribution in [3.05, 3.63) is 34.5 Å². The van der Waals surface area contributed by atoms with E-state index in [9.17, 15) is 4.21 Å². The van der Waals surface area contributed by atoms with E-state index in [0.717, 1.165) is 24.1 Å². The van der Waals surface area contributed by atoms with Gasteiger partial charge in [0.2, 0.25) is 0 Å². The number of hydrogen-bond acceptors (Lipinski definition) is 6. The number of hydrogen-bond donors (Lipinski definition) is 2. The normalized spacial score (nSPS) is 12.2. The summed E-state index contributed by atoms with van der Waals surface area (Å²) in [6.45, 7) is 5.17. The summed E-state index contributed by atoms with van der Waals surface area (Å²) in [6.07, 6.45) is 7.63. The lowest BCUT2D eigenvalue weighted by atomic mass is 10.1. The zero-order valence-electron chi connectivity index (χ0n) is 19.4. The third-order valence-electron chi connectivity index (χ3n) is 5.09. The first-order valence-electron chi connectivity index (χ1n) is 11.3. The van der Waals surface area contributed by atoms with Crippen LogP contribution in [0, 0.1) is 6.92 Å². The summed E-state index contributed by atoms with van der Waals surface area (Å²) in [4.78, 5) is 4.16. The van der Waals surface area contributed by atoms with Crippen LogP contribution in [0.15, 0.2) is 18.2 Å². The van der Waals surface area contributed by atoms with Gasteiger partial charge in [0.05, 0.1) is 19.4 Å². The van der Waals surface area contributed by atoms with Crippen LogP contribution in [-0.4, -0.2) is 44.3 Å². The second-order valence-corrected chi connectivity index (χ2v) is 9.07. The van der Waals surface area contributed by atoms with Gasteiger partial charge in [0.25, 0.3) is 11.3 Å². The van der Waals surface area contributed by atoms with Crippen LogP contribution in [0.2, 0.25) is 5.02 Å². The Hall–Kier alpha value is -2.30. The average molecular weight is 498 g/mol. The maximum atomic E-state index is 12.4. The molecule has 1 unspecified atom stereocenters. The van der Waals surface area contributed by atoms with Crippen LogP contribution < -0.4 is 18.4 Å². The van der Waals surface area contributed by atoms with Crippen LogP contribution in [0.1, 0.15) is 56.7 Å². The molecule has 2 heterocycles. The van der Waals surface area contributed by atoms with E-state index < -0.39 is 11.3 Å². The number of fused-ring (bicyclic) bond motifs is 1. The van der Waals surface area contributed by atoms with E-state index in [2.05, 4.69) is 26.8 Å². The van der Waals surface area contributed by atoms with E-state index >= 15 is 0 Å². The van der Waals surface area contributed by atoms with Crippen molar-refractivity contribution in [1.82, 2.24) is 24.5 Å². The summed E-state index contributed by atoms with van der Waals surface area (Å²) >= 11 is 4.60. The predicted octanol–water partition coefficient (Wildman–Crippen LogP) is 4.56. The number of aromatic amines is 1. The molecule has 0 aliphatic heterocycles. The number of benzene rings is 1. The van der Waals surface area contributed by atoms with Crippen LogP contribution in [-0.2, 0) is 17.7 Å². The number of aryl methyl sites for hydroxylation is 1. The smallest absolute Gasteiger partial charge is 0.337 e. The van der Waals surface area contributed by atoms with Gasteiger partial charge in [-0.15, -0.1) is 4.63 Å². The van der Waals surface area contributed by atoms with Gasteiger partial charge in [-0.3, -0.25) is 5.10 Å². The van der Waals surface area contributed by atoms with E-state index in [-0.39, 0.29) is 6.01 Å². The zero-order chi connectivity index (χ0) is 23.6. The molecule has 0 amide bonds. The van der Waals surface area contributed by atoms with Gasteiger partial charge in [0.15, 0.2) is 17.1 Å². The average Bonchev–Trinajstić information content (AvgIpc) is 3.33. The second kappa shape index (κ2) is 12.8. The SMILES string of the molecule is CCCCCCCCOc1cc(C)ccc1OS(=O)NCCc1[nH]n2nc(OC)nc2c1Cl. The number of nitrogens with zero attached hydrogens (tertiary/aromatic N) is 3. The van der Waals surface area contributed by atoms with Crippen LogP contribution in [0.25, 0.3) is 5.65 Å². The lowest BCUT2D eigenvalue weighted by Crippen LogP contribution is -2.24. The lowest BCUT2D eigenvalue weighted by molar-refractivity contribution is 0.296. The van der Waals surface area contributed by atoms with E-state index in [0.29, 0.717) is 41.7 Å². The van der Waals surface area contributed by atoms with Crippen molar-refractivity contribution in [2.24, 2.45) is 0 Å². The number of halogens is 1. The zero-order valence-corrected chi connectivity index (χ0v) is 20.9. The monoisotopic (exact) mass is 497 g/mol. The molecule has 3 rings (SSSR count). The lowest BCUT2D eigenvalue weighted by Gasteiger charge is -2.13. The van der Waals surface area contributed by atoms with Gasteiger partial charge in [0.1, 0.15) is 5.02 Å². The largest absolute Gasteiger partial charge is 0.490 e. The summed E-state index contributed by atoms with van der Waals surface area (Å²) in [5.74, 6) is 1.05. The summed E-state index contributed by atoms with van der Waals surface area (Å²) in [5, 5.41) is 7.58. The van der Waals surface area contributed by atoms with Gasteiger partial charge in [-0.2, -0.15) is 9.19 Å². The third kappa shape index (κ3) is 7.35. The van der Waals surface area contributed by atoms with Crippen molar-refractivity contribution in [3.8, 4) is 17.5 Å². The highest BCUT2D eigenvalue weighted by atomic mass is 35.5. The standard InChI is InChI=1S/C22H32ClN5O4S/c1-4-5-6-7-8-9-14-31-19-15-16(2)10-11-18(19)32-33(29)24-13-12-17-20(23)21-25-22(30-3)27-28(21)26-17/h10-11,15,24,26H,4-9,12-14H2,1-3H3. The van der Waals surface area contributed by atoms with Gasteiger partial charge in [0, 0.05) is 13.0 Å². The third-order valence-corrected chi connectivity index (χ3v) is 6.26. The molecule has 2 aromatic heterocycles. The molecule has 3 aromatic rings. The van der Waals surface area contributed by atoms with Crippen LogP contribution in [0.4, 0.5) is 0 Å². The van der Waals surface area contributed by atoms with Crippen molar-refractivity contribution in [2.75, 3.05) is 20.3 Å². The molecule has 0 saturated carbocycles. The first kappa shape index (κ1) is 25.3. The molecule has 182 valence electrons. The molecule has 11 heteroatoms. The highest BCUT2D eigenvalue weighted by molar-refractivity contribution is 7.78. The van der Waals surface area contributed by atoms with Gasteiger partial charge in [-0.1, -0.05) is 61.8 Å². The summed E-state index contributed by atoms with van der Waals surface area (Å²) in [6, 6.07) is 5.82. The van der Waals surface area contributed by atoms with Crippen LogP contribution >= 0.6 is 11.6 Å². The first-order valence-corrected chi connectivity index (χ1v) is 12.7. The first-order chi connectivity index (χ1) is 16.0. The quantitative estimate of drug-likeness (QED) is 0.298. The molecule has 0 fully saturated rings. The number of H-pyrrole nitrogens is 1. The molecular weight excluding hydrogens is 466 g/mol. The highest BCUT2D eigenvalue weighted by Gasteiger charge is 2.15. The number of aromatic nitrogens is 4. The van der Waals surface area contributed by atoms with E-state index in [4.69, 9.17) is 25.3 Å². The fourth-order valence-corrected chi connectivity index (χ4v) is 4.20. The van der Waals surface area contributed by atoms with Gasteiger partial charge >= 0.3 is 6.01 Å². The Kier molecular flexibility index (Phi) is 9.83. The topological polar surface area (TPSA) is 103 Å². The van der Waals surface area contributed by atoms with E-state index in [1.807, 2.05) is 19.1 Å². The molecule has 2 N–H and O–H groups in total. The molecule has 1 atom stereocenters. The molecule has 0 aliphatic carbocycles. The fourth-order valence-electron chi connectivity index (χ4n) is 3.31. The van der Waals surface area contributed by atoms with Gasteiger partial charge in [-0.25, -0.2) is 4.72 Å². The molecular formula is C22H32ClN5O4S. The maximum absolute atomic E-state index is 12.4. The van der Waals surface area contributed by atoms with Crippen molar-refractivity contribution < 1.29 is 17.9 Å². The molecule has 1 aromatic carbocycles. The van der Waals surface area contributed by atoms with Gasteiger partial charge in [-0.05, 0) is 31.0 Å². The number of ether oxygens (including phenoxy) is 2. The summed E-state index contributed by atoms with van der Waals surface area (Å²) in [5.41, 5.74) is 2.25. The molecule has 0 bridgehead atoms. The number of methoxy groups -OCH3 is 1. The van der Waals surface area contributed by atoms with Crippen molar-refractivity contribution in [1.29, 1.82) is 0 Å². The second-order valence-electron chi connectivity index (χ2n) is 7.77. The van der Waals surface area contributed by atoms with Gasteiger partial charge < -0.3 is 13.7 Å². The Balaban J connectivity index is 1.46. The molecule has 9 nitrogen and oxygen atoms in total. The van der Waals surface area contributed by atoms with Crippen molar-refractivity contribution in [2.45, 2.75) is 58.8 Å². The fraction of sp³-hybridized carbons (Fsp3) is 0.545. The Bertz CT molecular complexity index is 1060.